The highest BCUT2D eigenvalue weighted by Gasteiger charge is 2.26. The van der Waals surface area contributed by atoms with Gasteiger partial charge in [-0.1, -0.05) is 66.7 Å². The van der Waals surface area contributed by atoms with E-state index in [2.05, 4.69) is 29.6 Å². The summed E-state index contributed by atoms with van der Waals surface area (Å²) < 4.78 is 32.1. The van der Waals surface area contributed by atoms with Gasteiger partial charge in [0, 0.05) is 19.5 Å². The zero-order valence-corrected chi connectivity index (χ0v) is 20.1. The van der Waals surface area contributed by atoms with Gasteiger partial charge in [-0.15, -0.1) is 0 Å². The van der Waals surface area contributed by atoms with Crippen LogP contribution in [-0.2, 0) is 26.0 Å². The first-order chi connectivity index (χ1) is 16.4. The van der Waals surface area contributed by atoms with Gasteiger partial charge < -0.3 is 10.1 Å². The molecule has 1 fully saturated rings. The number of morpholine rings is 1. The van der Waals surface area contributed by atoms with Crippen molar-refractivity contribution in [2.45, 2.75) is 30.7 Å². The molecule has 0 aliphatic carbocycles. The molecule has 3 aromatic rings. The first kappa shape index (κ1) is 24.1. The molecule has 6 nitrogen and oxygen atoms in total. The van der Waals surface area contributed by atoms with E-state index in [0.29, 0.717) is 39.1 Å². The largest absolute Gasteiger partial charge is 0.379 e. The predicted molar refractivity (Wildman–Crippen MR) is 133 cm³/mol. The summed E-state index contributed by atoms with van der Waals surface area (Å²) in [7, 11) is -3.50. The Hall–Kier alpha value is -3.00. The molecule has 0 aromatic heterocycles. The highest BCUT2D eigenvalue weighted by Crippen LogP contribution is 2.22. The fraction of sp³-hybridized carbons (Fsp3) is 0.296. The topological polar surface area (TPSA) is 75.7 Å². The number of amides is 1. The standard InChI is InChI=1S/C27H30N2O4S/c1-21(23-10-12-25(13-11-23)24-5-3-2-4-6-24)28-27(30)16-9-22-7-14-26(15-8-22)34(31,32)29-17-19-33-20-18-29/h2-8,10-15,21H,9,16-20H2,1H3,(H,28,30)/t21-/m0/s1. The Bertz CT molecular complexity index is 1190. The van der Waals surface area contributed by atoms with Crippen molar-refractivity contribution < 1.29 is 17.9 Å². The third kappa shape index (κ3) is 5.91. The van der Waals surface area contributed by atoms with Crippen LogP contribution < -0.4 is 5.32 Å². The van der Waals surface area contributed by atoms with Crippen molar-refractivity contribution in [1.82, 2.24) is 9.62 Å². The molecule has 0 radical (unpaired) electrons. The Morgan fingerprint density at radius 1 is 0.912 bits per heavy atom. The minimum absolute atomic E-state index is 0.0374. The summed E-state index contributed by atoms with van der Waals surface area (Å²) in [5, 5.41) is 3.05. The van der Waals surface area contributed by atoms with Crippen LogP contribution in [0.1, 0.15) is 30.5 Å². The third-order valence-corrected chi connectivity index (χ3v) is 7.98. The Morgan fingerprint density at radius 3 is 2.18 bits per heavy atom. The fourth-order valence-corrected chi connectivity index (χ4v) is 5.42. The van der Waals surface area contributed by atoms with Crippen molar-refractivity contribution in [2.75, 3.05) is 26.3 Å². The zero-order chi connectivity index (χ0) is 24.0. The second-order valence-electron chi connectivity index (χ2n) is 8.44. The van der Waals surface area contributed by atoms with E-state index in [1.54, 1.807) is 24.3 Å². The van der Waals surface area contributed by atoms with Gasteiger partial charge in [0.1, 0.15) is 0 Å². The number of sulfonamides is 1. The van der Waals surface area contributed by atoms with Gasteiger partial charge in [0.2, 0.25) is 15.9 Å². The van der Waals surface area contributed by atoms with E-state index >= 15 is 0 Å². The van der Waals surface area contributed by atoms with Crippen molar-refractivity contribution in [2.24, 2.45) is 0 Å². The summed E-state index contributed by atoms with van der Waals surface area (Å²) in [5.74, 6) is -0.0374. The summed E-state index contributed by atoms with van der Waals surface area (Å²) in [6.45, 7) is 3.56. The van der Waals surface area contributed by atoms with Crippen molar-refractivity contribution in [3.8, 4) is 11.1 Å². The lowest BCUT2D eigenvalue weighted by Gasteiger charge is -2.26. The second-order valence-corrected chi connectivity index (χ2v) is 10.4. The summed E-state index contributed by atoms with van der Waals surface area (Å²) in [6, 6.07) is 25.1. The van der Waals surface area contributed by atoms with Crippen LogP contribution in [0.15, 0.2) is 83.8 Å². The quantitative estimate of drug-likeness (QED) is 0.527. The minimum atomic E-state index is -3.50. The van der Waals surface area contributed by atoms with Crippen LogP contribution in [0.4, 0.5) is 0 Å². The average Bonchev–Trinajstić information content (AvgIpc) is 2.89. The van der Waals surface area contributed by atoms with Gasteiger partial charge in [-0.2, -0.15) is 4.31 Å². The van der Waals surface area contributed by atoms with Gasteiger partial charge in [-0.3, -0.25) is 4.79 Å². The number of aryl methyl sites for hydroxylation is 1. The molecule has 0 bridgehead atoms. The van der Waals surface area contributed by atoms with E-state index in [1.165, 1.54) is 4.31 Å². The number of nitrogens with one attached hydrogen (secondary N) is 1. The Morgan fingerprint density at radius 2 is 1.53 bits per heavy atom. The number of carbonyl (C=O) groups is 1. The molecular formula is C27H30N2O4S. The molecule has 1 amide bonds. The number of rotatable bonds is 8. The summed E-state index contributed by atoms with van der Waals surface area (Å²) in [5.41, 5.74) is 4.28. The number of carbonyl (C=O) groups excluding carboxylic acids is 1. The predicted octanol–water partition coefficient (Wildman–Crippen LogP) is 4.18. The van der Waals surface area contributed by atoms with Crippen LogP contribution in [0, 0.1) is 0 Å². The monoisotopic (exact) mass is 478 g/mol. The summed E-state index contributed by atoms with van der Waals surface area (Å²) in [4.78, 5) is 12.8. The molecule has 1 atom stereocenters. The number of hydrogen-bond acceptors (Lipinski definition) is 4. The molecule has 0 spiro atoms. The molecule has 4 rings (SSSR count). The molecule has 1 aliphatic heterocycles. The smallest absolute Gasteiger partial charge is 0.243 e. The Balaban J connectivity index is 1.29. The van der Waals surface area contributed by atoms with E-state index in [-0.39, 0.29) is 16.8 Å². The van der Waals surface area contributed by atoms with E-state index in [9.17, 15) is 13.2 Å². The lowest BCUT2D eigenvalue weighted by atomic mass is 10.0. The highest BCUT2D eigenvalue weighted by molar-refractivity contribution is 7.89. The summed E-state index contributed by atoms with van der Waals surface area (Å²) in [6.07, 6.45) is 0.880. The number of hydrogen-bond donors (Lipinski definition) is 1. The van der Waals surface area contributed by atoms with E-state index in [0.717, 1.165) is 22.3 Å². The van der Waals surface area contributed by atoms with Gasteiger partial charge in [0.15, 0.2) is 0 Å². The van der Waals surface area contributed by atoms with Gasteiger partial charge in [0.25, 0.3) is 0 Å². The van der Waals surface area contributed by atoms with E-state index in [4.69, 9.17) is 4.74 Å². The molecule has 34 heavy (non-hydrogen) atoms. The van der Waals surface area contributed by atoms with Crippen LogP contribution in [-0.4, -0.2) is 44.9 Å². The van der Waals surface area contributed by atoms with Crippen LogP contribution in [0.25, 0.3) is 11.1 Å². The molecular weight excluding hydrogens is 448 g/mol. The number of nitrogens with zero attached hydrogens (tertiary/aromatic N) is 1. The highest BCUT2D eigenvalue weighted by atomic mass is 32.2. The maximum absolute atomic E-state index is 12.7. The lowest BCUT2D eigenvalue weighted by Crippen LogP contribution is -2.40. The zero-order valence-electron chi connectivity index (χ0n) is 19.3. The third-order valence-electron chi connectivity index (χ3n) is 6.07. The van der Waals surface area contributed by atoms with Crippen LogP contribution >= 0.6 is 0 Å². The van der Waals surface area contributed by atoms with Crippen molar-refractivity contribution in [3.05, 3.63) is 90.0 Å². The molecule has 1 heterocycles. The SMILES string of the molecule is C[C@H](NC(=O)CCc1ccc(S(=O)(=O)N2CCOCC2)cc1)c1ccc(-c2ccccc2)cc1. The normalized spacial score (nSPS) is 15.6. The van der Waals surface area contributed by atoms with Crippen LogP contribution in [0.5, 0.6) is 0 Å². The van der Waals surface area contributed by atoms with Crippen molar-refractivity contribution in [3.63, 3.8) is 0 Å². The average molecular weight is 479 g/mol. The first-order valence-electron chi connectivity index (χ1n) is 11.5. The molecule has 1 N–H and O–H groups in total. The van der Waals surface area contributed by atoms with Crippen molar-refractivity contribution >= 4 is 15.9 Å². The lowest BCUT2D eigenvalue weighted by molar-refractivity contribution is -0.121. The number of benzene rings is 3. The molecule has 0 unspecified atom stereocenters. The van der Waals surface area contributed by atoms with Gasteiger partial charge in [-0.25, -0.2) is 8.42 Å². The van der Waals surface area contributed by atoms with E-state index < -0.39 is 10.0 Å². The molecule has 0 saturated carbocycles. The first-order valence-corrected chi connectivity index (χ1v) is 13.0. The molecule has 178 valence electrons. The summed E-state index contributed by atoms with van der Waals surface area (Å²) >= 11 is 0. The van der Waals surface area contributed by atoms with Gasteiger partial charge >= 0.3 is 0 Å². The maximum atomic E-state index is 12.7. The van der Waals surface area contributed by atoms with Crippen LogP contribution in [0.3, 0.4) is 0 Å². The van der Waals surface area contributed by atoms with Crippen LogP contribution in [0.2, 0.25) is 0 Å². The Kier molecular flexibility index (Phi) is 7.77. The van der Waals surface area contributed by atoms with Gasteiger partial charge in [0.05, 0.1) is 24.2 Å². The maximum Gasteiger partial charge on any atom is 0.243 e. The molecule has 7 heteroatoms. The Labute approximate surface area is 201 Å². The minimum Gasteiger partial charge on any atom is -0.379 e. The van der Waals surface area contributed by atoms with E-state index in [1.807, 2.05) is 37.3 Å². The number of ether oxygens (including phenoxy) is 1. The fourth-order valence-electron chi connectivity index (χ4n) is 4.01. The van der Waals surface area contributed by atoms with Gasteiger partial charge in [-0.05, 0) is 47.7 Å². The molecule has 1 aliphatic rings. The van der Waals surface area contributed by atoms with Crippen molar-refractivity contribution in [1.29, 1.82) is 0 Å². The molecule has 3 aromatic carbocycles. The second kappa shape index (κ2) is 11.0. The molecule has 1 saturated heterocycles.